The number of nitriles is 1. The largest absolute Gasteiger partial charge is 0.248 e. The molecule has 0 aliphatic carbocycles. The molecule has 0 saturated heterocycles. The van der Waals surface area contributed by atoms with Crippen LogP contribution in [-0.4, -0.2) is 23.5 Å². The number of thiocyanates is 1. The van der Waals surface area contributed by atoms with Crippen LogP contribution in [0.15, 0.2) is 0 Å². The molecule has 0 aliphatic heterocycles. The fourth-order valence-corrected chi connectivity index (χ4v) is 10.2. The molecule has 0 aromatic carbocycles. The SMILES string of the molecule is CCCCCCCCCCCCCCCCCC[N+](CCCCCCCCCCCCCCCCCC)(CCCCCCCCCCCCCCCCCC)SC#N. The molecule has 0 saturated carbocycles. The first kappa shape index (κ1) is 57.8. The Balaban J connectivity index is 4.31. The molecule has 58 heavy (non-hydrogen) atoms. The van der Waals surface area contributed by atoms with E-state index in [4.69, 9.17) is 0 Å². The highest BCUT2D eigenvalue weighted by Crippen LogP contribution is 2.28. The molecule has 0 aromatic heterocycles. The van der Waals surface area contributed by atoms with Crippen molar-refractivity contribution in [2.75, 3.05) is 19.6 Å². The van der Waals surface area contributed by atoms with E-state index in [9.17, 15) is 5.26 Å². The third-order valence-electron chi connectivity index (χ3n) is 13.5. The van der Waals surface area contributed by atoms with Gasteiger partial charge in [-0.05, 0) is 38.5 Å². The molecule has 0 fully saturated rings. The lowest BCUT2D eigenvalue weighted by molar-refractivity contribution is -0.795. The second-order valence-electron chi connectivity index (χ2n) is 19.3. The summed E-state index contributed by atoms with van der Waals surface area (Å²) in [6.07, 6.45) is 68.5. The van der Waals surface area contributed by atoms with Gasteiger partial charge < -0.3 is 0 Å². The average molecular weight is 833 g/mol. The molecule has 0 atom stereocenters. The molecule has 0 amide bonds. The van der Waals surface area contributed by atoms with Crippen molar-refractivity contribution in [2.24, 2.45) is 0 Å². The summed E-state index contributed by atoms with van der Waals surface area (Å²) in [4.78, 5) is 0. The molecule has 0 N–H and O–H groups in total. The standard InChI is InChI=1S/C55H111N2S/c1-4-7-10-13-16-19-22-25-28-31-34-37-40-43-46-49-52-57(58-55-56,53-50-47-44-41-38-35-32-29-26-23-20-17-14-11-8-5-2)54-51-48-45-42-39-36-33-30-27-24-21-18-15-12-9-6-3/h4-54H2,1-3H3/q+1. The fraction of sp³-hybridized carbons (Fsp3) is 0.982. The Morgan fingerprint density at radius 3 is 0.517 bits per heavy atom. The van der Waals surface area contributed by atoms with Gasteiger partial charge in [-0.2, -0.15) is 5.26 Å². The number of unbranched alkanes of at least 4 members (excludes halogenated alkanes) is 45. The predicted octanol–water partition coefficient (Wildman–Crippen LogP) is 20.7. The van der Waals surface area contributed by atoms with Crippen molar-refractivity contribution < 1.29 is 3.89 Å². The van der Waals surface area contributed by atoms with Gasteiger partial charge in [0.15, 0.2) is 17.3 Å². The van der Waals surface area contributed by atoms with Crippen molar-refractivity contribution in [3.8, 4) is 5.40 Å². The van der Waals surface area contributed by atoms with Crippen molar-refractivity contribution in [1.82, 2.24) is 0 Å². The summed E-state index contributed by atoms with van der Waals surface area (Å²) in [5, 5.41) is 12.6. The topological polar surface area (TPSA) is 23.8 Å². The van der Waals surface area contributed by atoms with Crippen LogP contribution in [0.1, 0.15) is 329 Å². The van der Waals surface area contributed by atoms with Crippen LogP contribution in [0.4, 0.5) is 0 Å². The summed E-state index contributed by atoms with van der Waals surface area (Å²) in [6.45, 7) is 10.6. The predicted molar refractivity (Wildman–Crippen MR) is 267 cm³/mol. The molecule has 0 heterocycles. The van der Waals surface area contributed by atoms with Crippen molar-refractivity contribution in [3.05, 3.63) is 0 Å². The summed E-state index contributed by atoms with van der Waals surface area (Å²) in [7, 11) is 0. The van der Waals surface area contributed by atoms with Crippen LogP contribution >= 0.6 is 11.9 Å². The first-order chi connectivity index (χ1) is 28.7. The van der Waals surface area contributed by atoms with E-state index < -0.39 is 0 Å². The Labute approximate surface area is 373 Å². The Hall–Kier alpha value is -0.200. The van der Waals surface area contributed by atoms with Crippen LogP contribution in [0, 0.1) is 10.7 Å². The van der Waals surface area contributed by atoms with Gasteiger partial charge in [0, 0.05) is 0 Å². The molecule has 0 bridgehead atoms. The second-order valence-corrected chi connectivity index (χ2v) is 20.5. The molecule has 0 aliphatic rings. The van der Waals surface area contributed by atoms with Gasteiger partial charge in [-0.1, -0.05) is 290 Å². The first-order valence-corrected chi connectivity index (χ1v) is 28.5. The van der Waals surface area contributed by atoms with Gasteiger partial charge >= 0.3 is 0 Å². The van der Waals surface area contributed by atoms with Crippen molar-refractivity contribution in [1.29, 1.82) is 5.26 Å². The lowest BCUT2D eigenvalue weighted by Crippen LogP contribution is -2.43. The highest BCUT2D eigenvalue weighted by Gasteiger charge is 2.28. The maximum atomic E-state index is 10.0. The number of hydrogen-bond donors (Lipinski definition) is 0. The maximum Gasteiger partial charge on any atom is 0.196 e. The maximum absolute atomic E-state index is 10.0. The molecule has 0 spiro atoms. The Morgan fingerprint density at radius 2 is 0.379 bits per heavy atom. The van der Waals surface area contributed by atoms with E-state index in [0.29, 0.717) is 0 Å². The second kappa shape index (κ2) is 51.2. The Kier molecular flexibility index (Phi) is 51.0. The van der Waals surface area contributed by atoms with E-state index >= 15 is 0 Å². The van der Waals surface area contributed by atoms with E-state index in [1.807, 2.05) is 0 Å². The van der Waals surface area contributed by atoms with Gasteiger partial charge in [0.05, 0.1) is 19.6 Å². The van der Waals surface area contributed by atoms with Crippen LogP contribution in [0.3, 0.4) is 0 Å². The van der Waals surface area contributed by atoms with E-state index in [0.717, 1.165) is 3.89 Å². The molecule has 0 aromatic rings. The molecule has 0 rings (SSSR count). The molecule has 3 heteroatoms. The summed E-state index contributed by atoms with van der Waals surface area (Å²) in [5.41, 5.74) is 0. The molecule has 2 nitrogen and oxygen atoms in total. The lowest BCUT2D eigenvalue weighted by Gasteiger charge is -2.34. The minimum atomic E-state index is 1.02. The van der Waals surface area contributed by atoms with Gasteiger partial charge in [0.25, 0.3) is 0 Å². The molecule has 346 valence electrons. The van der Waals surface area contributed by atoms with Crippen molar-refractivity contribution in [3.63, 3.8) is 0 Å². The monoisotopic (exact) mass is 832 g/mol. The van der Waals surface area contributed by atoms with Gasteiger partial charge in [0.2, 0.25) is 0 Å². The number of hydrogen-bond acceptors (Lipinski definition) is 2. The highest BCUT2D eigenvalue weighted by molar-refractivity contribution is 7.98. The number of rotatable bonds is 52. The van der Waals surface area contributed by atoms with Crippen LogP contribution in [0.5, 0.6) is 0 Å². The highest BCUT2D eigenvalue weighted by atomic mass is 32.2. The zero-order valence-corrected chi connectivity index (χ0v) is 41.7. The summed E-state index contributed by atoms with van der Waals surface area (Å²) in [6, 6.07) is 0. The van der Waals surface area contributed by atoms with E-state index in [1.54, 1.807) is 11.9 Å². The molecule has 0 unspecified atom stereocenters. The van der Waals surface area contributed by atoms with Gasteiger partial charge in [-0.3, -0.25) is 0 Å². The number of nitrogens with zero attached hydrogens (tertiary/aromatic N) is 2. The normalized spacial score (nSPS) is 11.8. The summed E-state index contributed by atoms with van der Waals surface area (Å²) in [5.74, 6) is 0. The minimum Gasteiger partial charge on any atom is -0.248 e. The molecular weight excluding hydrogens is 721 g/mol. The zero-order valence-electron chi connectivity index (χ0n) is 40.9. The first-order valence-electron chi connectivity index (χ1n) is 27.7. The number of quaternary nitrogens is 1. The fourth-order valence-electron chi connectivity index (χ4n) is 9.40. The third kappa shape index (κ3) is 45.3. The van der Waals surface area contributed by atoms with Crippen LogP contribution in [0.25, 0.3) is 0 Å². The minimum absolute atomic E-state index is 1.02. The third-order valence-corrected chi connectivity index (χ3v) is 14.5. The van der Waals surface area contributed by atoms with Gasteiger partial charge in [-0.15, -0.1) is 0 Å². The lowest BCUT2D eigenvalue weighted by atomic mass is 10.0. The summed E-state index contributed by atoms with van der Waals surface area (Å²) >= 11 is 1.63. The van der Waals surface area contributed by atoms with Gasteiger partial charge in [-0.25, -0.2) is 3.89 Å². The summed E-state index contributed by atoms with van der Waals surface area (Å²) < 4.78 is 1.02. The smallest absolute Gasteiger partial charge is 0.196 e. The molecule has 0 radical (unpaired) electrons. The van der Waals surface area contributed by atoms with E-state index in [-0.39, 0.29) is 0 Å². The zero-order chi connectivity index (χ0) is 42.0. The van der Waals surface area contributed by atoms with Crippen LogP contribution in [-0.2, 0) is 0 Å². The van der Waals surface area contributed by atoms with E-state index in [1.165, 1.54) is 328 Å². The van der Waals surface area contributed by atoms with Crippen LogP contribution < -0.4 is 0 Å². The van der Waals surface area contributed by atoms with Crippen molar-refractivity contribution >= 4 is 11.9 Å². The van der Waals surface area contributed by atoms with Crippen LogP contribution in [0.2, 0.25) is 0 Å². The quantitative estimate of drug-likeness (QED) is 0.0264. The molecular formula is C55H111N2S+. The average Bonchev–Trinajstić information content (AvgIpc) is 3.23. The Bertz CT molecular complexity index is 688. The van der Waals surface area contributed by atoms with Gasteiger partial charge in [0.1, 0.15) is 0 Å². The van der Waals surface area contributed by atoms with E-state index in [2.05, 4.69) is 26.2 Å². The van der Waals surface area contributed by atoms with Crippen molar-refractivity contribution in [2.45, 2.75) is 329 Å². The Morgan fingerprint density at radius 1 is 0.241 bits per heavy atom.